The first kappa shape index (κ1) is 23.1. The fourth-order valence-corrected chi connectivity index (χ4v) is 3.77. The molecule has 3 aromatic rings. The summed E-state index contributed by atoms with van der Waals surface area (Å²) < 4.78 is 70.1. The van der Waals surface area contributed by atoms with Crippen molar-refractivity contribution in [2.45, 2.75) is 17.7 Å². The number of rotatable bonds is 8. The smallest absolute Gasteiger partial charge is 0.405 e. The summed E-state index contributed by atoms with van der Waals surface area (Å²) in [5.74, 6) is -0.487. The van der Waals surface area contributed by atoms with Crippen molar-refractivity contribution in [3.63, 3.8) is 0 Å². The average Bonchev–Trinajstić information content (AvgIpc) is 2.77. The van der Waals surface area contributed by atoms with Gasteiger partial charge in [0.1, 0.15) is 18.9 Å². The van der Waals surface area contributed by atoms with Crippen molar-refractivity contribution >= 4 is 21.6 Å². The third kappa shape index (κ3) is 6.74. The topological polar surface area (TPSA) is 84.5 Å². The lowest BCUT2D eigenvalue weighted by Gasteiger charge is -2.11. The number of carbonyl (C=O) groups is 1. The third-order valence-electron chi connectivity index (χ3n) is 4.21. The van der Waals surface area contributed by atoms with Crippen molar-refractivity contribution in [2.75, 3.05) is 11.3 Å². The van der Waals surface area contributed by atoms with Crippen LogP contribution in [0.25, 0.3) is 0 Å². The minimum absolute atomic E-state index is 0.207. The zero-order valence-corrected chi connectivity index (χ0v) is 17.4. The van der Waals surface area contributed by atoms with Gasteiger partial charge < -0.3 is 10.1 Å². The second-order valence-electron chi connectivity index (χ2n) is 6.73. The van der Waals surface area contributed by atoms with Gasteiger partial charge in [-0.1, -0.05) is 36.4 Å². The van der Waals surface area contributed by atoms with E-state index in [9.17, 15) is 26.4 Å². The molecule has 168 valence electrons. The highest BCUT2D eigenvalue weighted by atomic mass is 32.2. The molecular weight excluding hydrogens is 445 g/mol. The number of alkyl halides is 3. The molecule has 0 aliphatic carbocycles. The van der Waals surface area contributed by atoms with E-state index in [1.165, 1.54) is 30.3 Å². The maximum Gasteiger partial charge on any atom is 0.405 e. The largest absolute Gasteiger partial charge is 0.489 e. The summed E-state index contributed by atoms with van der Waals surface area (Å²) in [6, 6.07) is 20.5. The Kier molecular flexibility index (Phi) is 7.04. The van der Waals surface area contributed by atoms with E-state index in [1.807, 2.05) is 30.3 Å². The number of nitrogens with one attached hydrogen (secondary N) is 2. The molecule has 0 aliphatic heterocycles. The highest BCUT2D eigenvalue weighted by Gasteiger charge is 2.28. The van der Waals surface area contributed by atoms with Crippen LogP contribution in [0, 0.1) is 0 Å². The van der Waals surface area contributed by atoms with Crippen molar-refractivity contribution in [1.29, 1.82) is 0 Å². The Labute approximate surface area is 183 Å². The van der Waals surface area contributed by atoms with Gasteiger partial charge in [0.05, 0.1) is 4.90 Å². The van der Waals surface area contributed by atoms with Crippen LogP contribution in [-0.2, 0) is 16.6 Å². The van der Waals surface area contributed by atoms with Crippen LogP contribution in [0.15, 0.2) is 83.8 Å². The first-order valence-corrected chi connectivity index (χ1v) is 10.9. The monoisotopic (exact) mass is 464 g/mol. The molecule has 6 nitrogen and oxygen atoms in total. The molecule has 0 radical (unpaired) electrons. The molecule has 0 unspecified atom stereocenters. The Bertz CT molecular complexity index is 1170. The predicted octanol–water partition coefficient (Wildman–Crippen LogP) is 4.36. The second kappa shape index (κ2) is 9.73. The van der Waals surface area contributed by atoms with Gasteiger partial charge in [-0.25, -0.2) is 8.42 Å². The third-order valence-corrected chi connectivity index (χ3v) is 5.59. The van der Waals surface area contributed by atoms with Crippen LogP contribution in [-0.4, -0.2) is 27.0 Å². The minimum atomic E-state index is -4.57. The first-order valence-electron chi connectivity index (χ1n) is 9.37. The Morgan fingerprint density at radius 1 is 0.906 bits per heavy atom. The molecule has 1 amide bonds. The van der Waals surface area contributed by atoms with Gasteiger partial charge in [0.15, 0.2) is 0 Å². The molecule has 0 aliphatic rings. The zero-order valence-electron chi connectivity index (χ0n) is 16.6. The van der Waals surface area contributed by atoms with E-state index in [1.54, 1.807) is 17.4 Å². The zero-order chi connectivity index (χ0) is 23.2. The summed E-state index contributed by atoms with van der Waals surface area (Å²) >= 11 is 0. The van der Waals surface area contributed by atoms with Crippen LogP contribution in [0.2, 0.25) is 0 Å². The summed E-state index contributed by atoms with van der Waals surface area (Å²) in [7, 11) is -4.07. The molecule has 32 heavy (non-hydrogen) atoms. The van der Waals surface area contributed by atoms with Gasteiger partial charge in [0.25, 0.3) is 15.9 Å². The van der Waals surface area contributed by atoms with E-state index in [-0.39, 0.29) is 16.1 Å². The van der Waals surface area contributed by atoms with E-state index in [0.29, 0.717) is 12.4 Å². The summed E-state index contributed by atoms with van der Waals surface area (Å²) in [4.78, 5) is 11.6. The van der Waals surface area contributed by atoms with Crippen molar-refractivity contribution in [1.82, 2.24) is 5.32 Å². The Morgan fingerprint density at radius 2 is 1.59 bits per heavy atom. The van der Waals surface area contributed by atoms with Gasteiger partial charge >= 0.3 is 6.18 Å². The van der Waals surface area contributed by atoms with Crippen molar-refractivity contribution in [2.24, 2.45) is 0 Å². The van der Waals surface area contributed by atoms with E-state index >= 15 is 0 Å². The number of anilines is 1. The van der Waals surface area contributed by atoms with E-state index in [4.69, 9.17) is 4.74 Å². The van der Waals surface area contributed by atoms with Crippen molar-refractivity contribution < 1.29 is 31.1 Å². The second-order valence-corrected chi connectivity index (χ2v) is 8.41. The van der Waals surface area contributed by atoms with Crippen LogP contribution >= 0.6 is 0 Å². The maximum absolute atomic E-state index is 12.6. The summed E-state index contributed by atoms with van der Waals surface area (Å²) in [5.41, 5.74) is 1.03. The van der Waals surface area contributed by atoms with Gasteiger partial charge in [-0.3, -0.25) is 9.52 Å². The molecule has 3 rings (SSSR count). The number of amides is 1. The van der Waals surface area contributed by atoms with Gasteiger partial charge in [0.2, 0.25) is 0 Å². The Morgan fingerprint density at radius 3 is 2.25 bits per heavy atom. The highest BCUT2D eigenvalue weighted by Crippen LogP contribution is 2.21. The van der Waals surface area contributed by atoms with Crippen LogP contribution in [0.1, 0.15) is 15.9 Å². The number of hydrogen-bond acceptors (Lipinski definition) is 4. The van der Waals surface area contributed by atoms with Crippen LogP contribution in [0.5, 0.6) is 5.75 Å². The van der Waals surface area contributed by atoms with Gasteiger partial charge in [-0.05, 0) is 48.0 Å². The van der Waals surface area contributed by atoms with E-state index < -0.39 is 28.7 Å². The molecule has 3 aromatic carbocycles. The first-order chi connectivity index (χ1) is 15.1. The molecule has 0 heterocycles. The minimum Gasteiger partial charge on any atom is -0.489 e. The number of halogens is 3. The van der Waals surface area contributed by atoms with E-state index in [0.717, 1.165) is 11.6 Å². The lowest BCUT2D eigenvalue weighted by Crippen LogP contribution is -2.33. The summed E-state index contributed by atoms with van der Waals surface area (Å²) in [5, 5.41) is 1.70. The maximum atomic E-state index is 12.6. The SMILES string of the molecule is O=C(NCC(F)(F)F)c1cccc(S(=O)(=O)Nc2ccc(OCc3ccccc3)cc2)c1. The molecule has 2 N–H and O–H groups in total. The number of sulfonamides is 1. The van der Waals surface area contributed by atoms with Crippen LogP contribution in [0.3, 0.4) is 0 Å². The average molecular weight is 464 g/mol. The van der Waals surface area contributed by atoms with E-state index in [2.05, 4.69) is 4.72 Å². The Balaban J connectivity index is 1.65. The molecule has 10 heteroatoms. The van der Waals surface area contributed by atoms with Gasteiger partial charge in [-0.15, -0.1) is 0 Å². The fourth-order valence-electron chi connectivity index (χ4n) is 2.66. The van der Waals surface area contributed by atoms with Crippen LogP contribution in [0.4, 0.5) is 18.9 Å². The molecule has 0 atom stereocenters. The summed E-state index contributed by atoms with van der Waals surface area (Å²) in [6.07, 6.45) is -4.57. The quantitative estimate of drug-likeness (QED) is 0.519. The van der Waals surface area contributed by atoms with Crippen molar-refractivity contribution in [3.8, 4) is 5.75 Å². The number of benzene rings is 3. The lowest BCUT2D eigenvalue weighted by atomic mass is 10.2. The molecule has 0 aromatic heterocycles. The molecular formula is C22H19F3N2O4S. The molecule has 0 bridgehead atoms. The lowest BCUT2D eigenvalue weighted by molar-refractivity contribution is -0.123. The fraction of sp³-hybridized carbons (Fsp3) is 0.136. The highest BCUT2D eigenvalue weighted by molar-refractivity contribution is 7.92. The Hall–Kier alpha value is -3.53. The number of hydrogen-bond donors (Lipinski definition) is 2. The molecule has 0 saturated carbocycles. The van der Waals surface area contributed by atoms with Crippen molar-refractivity contribution in [3.05, 3.63) is 90.0 Å². The predicted molar refractivity (Wildman–Crippen MR) is 113 cm³/mol. The molecule has 0 fully saturated rings. The molecule has 0 spiro atoms. The standard InChI is InChI=1S/C22H19F3N2O4S/c23-22(24,25)15-26-21(28)17-7-4-8-20(13-17)32(29,30)27-18-9-11-19(12-10-18)31-14-16-5-2-1-3-6-16/h1-13,27H,14-15H2,(H,26,28). The summed E-state index contributed by atoms with van der Waals surface area (Å²) in [6.45, 7) is -1.16. The van der Waals surface area contributed by atoms with Gasteiger partial charge in [0, 0.05) is 11.3 Å². The number of ether oxygens (including phenoxy) is 1. The van der Waals surface area contributed by atoms with Crippen LogP contribution < -0.4 is 14.8 Å². The normalized spacial score (nSPS) is 11.6. The molecule has 0 saturated heterocycles. The number of carbonyl (C=O) groups excluding carboxylic acids is 1. The van der Waals surface area contributed by atoms with Gasteiger partial charge in [-0.2, -0.15) is 13.2 Å².